The molecule has 1 saturated heterocycles. The molecular weight excluding hydrogens is 538 g/mol. The summed E-state index contributed by atoms with van der Waals surface area (Å²) in [6, 6.07) is 5.95. The Morgan fingerprint density at radius 1 is 1.21 bits per heavy atom. The van der Waals surface area contributed by atoms with E-state index in [4.69, 9.17) is 6.42 Å². The van der Waals surface area contributed by atoms with Gasteiger partial charge in [0.2, 0.25) is 5.91 Å². The monoisotopic (exact) mass is 571 g/mol. The van der Waals surface area contributed by atoms with Gasteiger partial charge in [-0.3, -0.25) is 10.2 Å². The van der Waals surface area contributed by atoms with Gasteiger partial charge in [-0.2, -0.15) is 4.31 Å². The molecule has 0 aliphatic carbocycles. The molecule has 3 aliphatic heterocycles. The van der Waals surface area contributed by atoms with E-state index in [0.717, 1.165) is 11.4 Å². The average Bonchev–Trinajstić information content (AvgIpc) is 3.48. The number of hydrogen-bond acceptors (Lipinski definition) is 7. The van der Waals surface area contributed by atoms with Crippen LogP contribution in [0, 0.1) is 12.3 Å². The maximum Gasteiger partial charge on any atom is 0.339 e. The number of rotatable bonds is 4. The van der Waals surface area contributed by atoms with E-state index < -0.39 is 16.1 Å². The highest BCUT2D eigenvalue weighted by atomic mass is 32.2. The number of amides is 3. The molecule has 1 aromatic heterocycles. The number of nitrogens with zero attached hydrogens (tertiary/aromatic N) is 5. The molecule has 0 radical (unpaired) electrons. The molecule has 39 heavy (non-hydrogen) atoms. The summed E-state index contributed by atoms with van der Waals surface area (Å²) in [5.74, 6) is 2.38. The number of hydrazine groups is 1. The van der Waals surface area contributed by atoms with Gasteiger partial charge in [0.25, 0.3) is 10.0 Å². The van der Waals surface area contributed by atoms with Crippen LogP contribution in [0.1, 0.15) is 25.3 Å². The van der Waals surface area contributed by atoms with Gasteiger partial charge in [-0.25, -0.2) is 18.2 Å². The summed E-state index contributed by atoms with van der Waals surface area (Å²) in [6.45, 7) is 2.88. The van der Waals surface area contributed by atoms with Gasteiger partial charge >= 0.3 is 6.03 Å². The Bertz CT molecular complexity index is 1490. The van der Waals surface area contributed by atoms with Crippen molar-refractivity contribution in [1.29, 1.82) is 0 Å². The maximum absolute atomic E-state index is 13.7. The standard InChI is InChI=1S/C26H33N7O4S2/c1-6-18-7-8-21-19(13-18)14-23(27-21)39(36,37)31-11-12-32(20(16-31)15-24(34)29(3)4)26(35)33-10-9-22-25(28-33)38-17(2)30(22)5/h1,7-8,13-14,17,20,27-28H,9-12,15-16H2,2-5H3. The van der Waals surface area contributed by atoms with E-state index in [0.29, 0.717) is 23.0 Å². The van der Waals surface area contributed by atoms with Gasteiger partial charge in [-0.1, -0.05) is 17.7 Å². The van der Waals surface area contributed by atoms with E-state index in [9.17, 15) is 18.0 Å². The van der Waals surface area contributed by atoms with Crippen molar-refractivity contribution in [2.45, 2.75) is 36.2 Å². The Morgan fingerprint density at radius 2 is 1.97 bits per heavy atom. The summed E-state index contributed by atoms with van der Waals surface area (Å²) < 4.78 is 28.7. The van der Waals surface area contributed by atoms with Crippen molar-refractivity contribution in [1.82, 2.24) is 34.4 Å². The largest absolute Gasteiger partial charge is 0.364 e. The van der Waals surface area contributed by atoms with Crippen LogP contribution in [-0.2, 0) is 14.8 Å². The zero-order chi connectivity index (χ0) is 28.1. The smallest absolute Gasteiger partial charge is 0.339 e. The van der Waals surface area contributed by atoms with Gasteiger partial charge in [-0.05, 0) is 31.2 Å². The van der Waals surface area contributed by atoms with Crippen molar-refractivity contribution in [3.8, 4) is 12.3 Å². The number of carbonyl (C=O) groups excluding carboxylic acids is 2. The normalized spacial score (nSPS) is 22.1. The summed E-state index contributed by atoms with van der Waals surface area (Å²) >= 11 is 1.67. The Kier molecular flexibility index (Phi) is 7.21. The second kappa shape index (κ2) is 10.3. The SMILES string of the molecule is C#Cc1ccc2[nH]c(S(=O)(=O)N3CCN(C(=O)N4CCC5=C(N4)SC(C)N5C)C(CC(=O)N(C)C)C3)cc2c1. The summed E-state index contributed by atoms with van der Waals surface area (Å²) in [5, 5.41) is 3.57. The van der Waals surface area contributed by atoms with Crippen molar-refractivity contribution in [2.75, 3.05) is 47.3 Å². The maximum atomic E-state index is 13.7. The second-order valence-electron chi connectivity index (χ2n) is 10.2. The minimum Gasteiger partial charge on any atom is -0.364 e. The summed E-state index contributed by atoms with van der Waals surface area (Å²) in [5.41, 5.74) is 5.76. The molecule has 2 N–H and O–H groups in total. The first-order valence-corrected chi connectivity index (χ1v) is 15.1. The molecule has 4 heterocycles. The van der Waals surface area contributed by atoms with Crippen molar-refractivity contribution < 1.29 is 18.0 Å². The number of hydrogen-bond donors (Lipinski definition) is 2. The number of benzene rings is 1. The molecule has 0 spiro atoms. The fraction of sp³-hybridized carbons (Fsp3) is 0.462. The fourth-order valence-electron chi connectivity index (χ4n) is 5.10. The number of fused-ring (bicyclic) bond motifs is 1. The van der Waals surface area contributed by atoms with Crippen molar-refractivity contribution in [3.63, 3.8) is 0 Å². The molecule has 1 fully saturated rings. The van der Waals surface area contributed by atoms with Gasteiger partial charge < -0.3 is 19.7 Å². The third-order valence-electron chi connectivity index (χ3n) is 7.54. The highest BCUT2D eigenvalue weighted by Gasteiger charge is 2.41. The molecule has 2 aromatic rings. The van der Waals surface area contributed by atoms with Crippen LogP contribution in [0.3, 0.4) is 0 Å². The topological polar surface area (TPSA) is 112 Å². The molecule has 2 atom stereocenters. The van der Waals surface area contributed by atoms with Crippen molar-refractivity contribution >= 4 is 44.6 Å². The Labute approximate surface area is 233 Å². The molecule has 0 saturated carbocycles. The fourth-order valence-corrected chi connectivity index (χ4v) is 7.76. The molecule has 13 heteroatoms. The highest BCUT2D eigenvalue weighted by molar-refractivity contribution is 8.03. The molecule has 5 rings (SSSR count). The van der Waals surface area contributed by atoms with E-state index in [2.05, 4.69) is 28.2 Å². The molecule has 208 valence electrons. The van der Waals surface area contributed by atoms with Crippen molar-refractivity contribution in [2.24, 2.45) is 0 Å². The lowest BCUT2D eigenvalue weighted by atomic mass is 10.1. The van der Waals surface area contributed by atoms with E-state index in [-0.39, 0.29) is 48.4 Å². The number of aromatic amines is 1. The van der Waals surface area contributed by atoms with Crippen LogP contribution < -0.4 is 5.43 Å². The minimum atomic E-state index is -3.91. The first-order valence-electron chi connectivity index (χ1n) is 12.8. The van der Waals surface area contributed by atoms with Crippen molar-refractivity contribution in [3.05, 3.63) is 40.6 Å². The Balaban J connectivity index is 1.37. The van der Waals surface area contributed by atoms with E-state index >= 15 is 0 Å². The summed E-state index contributed by atoms with van der Waals surface area (Å²) in [4.78, 5) is 34.7. The zero-order valence-corrected chi connectivity index (χ0v) is 24.1. The molecule has 11 nitrogen and oxygen atoms in total. The third-order valence-corrected chi connectivity index (χ3v) is 10.5. The molecule has 1 aromatic carbocycles. The Hall–Kier alpha value is -3.34. The highest BCUT2D eigenvalue weighted by Crippen LogP contribution is 2.38. The van der Waals surface area contributed by atoms with E-state index in [1.54, 1.807) is 60.0 Å². The van der Waals surface area contributed by atoms with Crippen LogP contribution in [0.4, 0.5) is 4.79 Å². The third kappa shape index (κ3) is 5.04. The first kappa shape index (κ1) is 27.2. The second-order valence-corrected chi connectivity index (χ2v) is 13.4. The number of aromatic nitrogens is 1. The zero-order valence-electron chi connectivity index (χ0n) is 22.5. The minimum absolute atomic E-state index is 0.00886. The van der Waals surface area contributed by atoms with E-state index in [1.807, 2.05) is 7.05 Å². The van der Waals surface area contributed by atoms with Gasteiger partial charge in [0.05, 0.1) is 11.4 Å². The number of sulfonamides is 1. The lowest BCUT2D eigenvalue weighted by Gasteiger charge is -2.43. The van der Waals surface area contributed by atoms with Gasteiger partial charge in [0, 0.05) is 82.3 Å². The number of urea groups is 1. The first-order chi connectivity index (χ1) is 18.5. The van der Waals surface area contributed by atoms with Gasteiger partial charge in [0.1, 0.15) is 10.1 Å². The van der Waals surface area contributed by atoms with Gasteiger partial charge in [-0.15, -0.1) is 6.42 Å². The van der Waals surface area contributed by atoms with Crippen LogP contribution in [0.25, 0.3) is 10.9 Å². The predicted molar refractivity (Wildman–Crippen MR) is 150 cm³/mol. The summed E-state index contributed by atoms with van der Waals surface area (Å²) in [7, 11) is 1.43. The number of nitrogens with one attached hydrogen (secondary N) is 2. The number of terminal acetylenes is 1. The number of thioether (sulfide) groups is 1. The van der Waals surface area contributed by atoms with Gasteiger partial charge in [0.15, 0.2) is 0 Å². The quantitative estimate of drug-likeness (QED) is 0.539. The van der Waals surface area contributed by atoms with E-state index in [1.165, 1.54) is 14.9 Å². The average molecular weight is 572 g/mol. The molecule has 0 bridgehead atoms. The number of H-pyrrole nitrogens is 1. The number of piperazine rings is 1. The van der Waals surface area contributed by atoms with Crippen LogP contribution in [0.2, 0.25) is 0 Å². The number of carbonyl (C=O) groups is 2. The lowest BCUT2D eigenvalue weighted by Crippen LogP contribution is -2.62. The van der Waals surface area contributed by atoms with Crippen LogP contribution in [0.15, 0.2) is 40.0 Å². The lowest BCUT2D eigenvalue weighted by molar-refractivity contribution is -0.130. The van der Waals surface area contributed by atoms with Crippen LogP contribution in [0.5, 0.6) is 0 Å². The van der Waals surface area contributed by atoms with Crippen LogP contribution in [-0.4, -0.2) is 108 Å². The molecule has 3 aliphatic rings. The molecule has 2 unspecified atom stereocenters. The molecule has 3 amide bonds. The predicted octanol–water partition coefficient (Wildman–Crippen LogP) is 1.83. The summed E-state index contributed by atoms with van der Waals surface area (Å²) in [6.07, 6.45) is 6.23. The molecular formula is C26H33N7O4S2. The Morgan fingerprint density at radius 3 is 2.69 bits per heavy atom. The van der Waals surface area contributed by atoms with Crippen LogP contribution >= 0.6 is 11.8 Å².